The second-order valence-electron chi connectivity index (χ2n) is 5.88. The van der Waals surface area contributed by atoms with Gasteiger partial charge in [0.1, 0.15) is 12.0 Å². The molecule has 0 bridgehead atoms. The average molecular weight is 442 g/mol. The van der Waals surface area contributed by atoms with E-state index in [0.29, 0.717) is 24.4 Å². The molecule has 1 unspecified atom stereocenters. The summed E-state index contributed by atoms with van der Waals surface area (Å²) in [6, 6.07) is 10.2. The Morgan fingerprint density at radius 3 is 2.54 bits per heavy atom. The van der Waals surface area contributed by atoms with Gasteiger partial charge < -0.3 is 15.1 Å². The summed E-state index contributed by atoms with van der Waals surface area (Å²) in [4.78, 5) is 9.08. The molecule has 2 N–H and O–H groups in total. The Morgan fingerprint density at radius 2 is 1.92 bits per heavy atom. The highest BCUT2D eigenvalue weighted by molar-refractivity contribution is 14.0. The lowest BCUT2D eigenvalue weighted by molar-refractivity contribution is 0.481. The largest absolute Gasteiger partial charge is 0.444 e. The number of nitrogens with zero attached hydrogens (tertiary/aromatic N) is 2. The summed E-state index contributed by atoms with van der Waals surface area (Å²) in [5, 5.41) is 6.66. The van der Waals surface area contributed by atoms with Crippen molar-refractivity contribution in [1.82, 2.24) is 15.6 Å². The van der Waals surface area contributed by atoms with Gasteiger partial charge in [0, 0.05) is 18.2 Å². The lowest BCUT2D eigenvalue weighted by Crippen LogP contribution is -2.44. The van der Waals surface area contributed by atoms with Gasteiger partial charge in [-0.05, 0) is 31.9 Å². The van der Waals surface area contributed by atoms with Gasteiger partial charge >= 0.3 is 0 Å². The van der Waals surface area contributed by atoms with Gasteiger partial charge in [0.15, 0.2) is 5.96 Å². The summed E-state index contributed by atoms with van der Waals surface area (Å²) >= 11 is 0. The first-order chi connectivity index (χ1) is 11.1. The molecule has 0 saturated heterocycles. The average Bonchev–Trinajstić information content (AvgIpc) is 3.02. The zero-order valence-corrected chi connectivity index (χ0v) is 17.1. The predicted molar refractivity (Wildman–Crippen MR) is 110 cm³/mol. The minimum Gasteiger partial charge on any atom is -0.444 e. The summed E-state index contributed by atoms with van der Waals surface area (Å²) in [5.74, 6) is 1.97. The van der Waals surface area contributed by atoms with Gasteiger partial charge in [-0.3, -0.25) is 0 Å². The maximum absolute atomic E-state index is 5.54. The summed E-state index contributed by atoms with van der Waals surface area (Å²) < 4.78 is 5.54. The van der Waals surface area contributed by atoms with Crippen molar-refractivity contribution in [3.63, 3.8) is 0 Å². The highest BCUT2D eigenvalue weighted by Gasteiger charge is 2.10. The van der Waals surface area contributed by atoms with Gasteiger partial charge in [0.2, 0.25) is 5.89 Å². The molecule has 2 aromatic rings. The number of benzene rings is 1. The Bertz CT molecular complexity index is 625. The number of aromatic nitrogens is 1. The molecule has 1 aromatic carbocycles. The maximum Gasteiger partial charge on any atom is 0.226 e. The third kappa shape index (κ3) is 6.14. The zero-order valence-electron chi connectivity index (χ0n) is 14.7. The van der Waals surface area contributed by atoms with E-state index in [2.05, 4.69) is 48.3 Å². The quantitative estimate of drug-likeness (QED) is 0.403. The van der Waals surface area contributed by atoms with Crippen LogP contribution in [0, 0.1) is 5.92 Å². The molecule has 5 nitrogen and oxygen atoms in total. The second-order valence-corrected chi connectivity index (χ2v) is 5.88. The molecule has 0 amide bonds. The number of aliphatic imine (C=N–C) groups is 1. The van der Waals surface area contributed by atoms with Crippen LogP contribution in [0.25, 0.3) is 11.5 Å². The van der Waals surface area contributed by atoms with Crippen LogP contribution in [0.4, 0.5) is 0 Å². The van der Waals surface area contributed by atoms with Gasteiger partial charge in [0.25, 0.3) is 0 Å². The fraction of sp³-hybridized carbons (Fsp3) is 0.444. The number of hydrogen-bond acceptors (Lipinski definition) is 3. The van der Waals surface area contributed by atoms with Crippen molar-refractivity contribution in [3.05, 3.63) is 42.3 Å². The van der Waals surface area contributed by atoms with Gasteiger partial charge in [-0.2, -0.15) is 0 Å². The van der Waals surface area contributed by atoms with E-state index in [9.17, 15) is 0 Å². The van der Waals surface area contributed by atoms with Crippen LogP contribution in [0.1, 0.15) is 33.4 Å². The van der Waals surface area contributed by atoms with E-state index in [1.807, 2.05) is 30.3 Å². The summed E-state index contributed by atoms with van der Waals surface area (Å²) in [7, 11) is 0. The Labute approximate surface area is 161 Å². The van der Waals surface area contributed by atoms with Gasteiger partial charge in [-0.25, -0.2) is 9.98 Å². The first-order valence-electron chi connectivity index (χ1n) is 8.14. The van der Waals surface area contributed by atoms with Crippen LogP contribution < -0.4 is 10.6 Å². The fourth-order valence-electron chi connectivity index (χ4n) is 1.96. The summed E-state index contributed by atoms with van der Waals surface area (Å²) in [5.41, 5.74) is 1.79. The molecule has 0 aliphatic rings. The number of rotatable bonds is 6. The van der Waals surface area contributed by atoms with Gasteiger partial charge in [0.05, 0.1) is 6.54 Å². The molecule has 1 atom stereocenters. The monoisotopic (exact) mass is 442 g/mol. The molecule has 24 heavy (non-hydrogen) atoms. The number of nitrogens with one attached hydrogen (secondary N) is 2. The van der Waals surface area contributed by atoms with Crippen LogP contribution in [0.3, 0.4) is 0 Å². The standard InChI is InChI=1S/C18H26N4O.HI/c1-5-19-18(21-14(4)13(2)3)20-11-16-12-23-17(22-16)15-9-7-6-8-10-15;/h6-10,12-14H,5,11H2,1-4H3,(H2,19,20,21);1H. The Hall–Kier alpha value is -1.57. The molecule has 2 rings (SSSR count). The van der Waals surface area contributed by atoms with Crippen LogP contribution >= 0.6 is 24.0 Å². The number of halogens is 1. The molecule has 0 aliphatic heterocycles. The minimum absolute atomic E-state index is 0. The number of oxazole rings is 1. The molecule has 132 valence electrons. The van der Waals surface area contributed by atoms with Crippen molar-refractivity contribution in [2.75, 3.05) is 6.54 Å². The summed E-state index contributed by atoms with van der Waals surface area (Å²) in [6.07, 6.45) is 1.67. The minimum atomic E-state index is 0. The van der Waals surface area contributed by atoms with Crippen LogP contribution in [-0.2, 0) is 6.54 Å². The Kier molecular flexibility index (Phi) is 8.81. The number of hydrogen-bond donors (Lipinski definition) is 2. The molecular weight excluding hydrogens is 415 g/mol. The van der Waals surface area contributed by atoms with Crippen molar-refractivity contribution in [3.8, 4) is 11.5 Å². The van der Waals surface area contributed by atoms with Crippen molar-refractivity contribution < 1.29 is 4.42 Å². The van der Waals surface area contributed by atoms with Crippen molar-refractivity contribution >= 4 is 29.9 Å². The van der Waals surface area contributed by atoms with Crippen LogP contribution in [0.2, 0.25) is 0 Å². The Morgan fingerprint density at radius 1 is 1.21 bits per heavy atom. The van der Waals surface area contributed by atoms with E-state index in [0.717, 1.165) is 23.8 Å². The predicted octanol–water partition coefficient (Wildman–Crippen LogP) is 4.06. The molecule has 0 aliphatic carbocycles. The molecule has 1 aromatic heterocycles. The summed E-state index contributed by atoms with van der Waals surface area (Å²) in [6.45, 7) is 9.89. The van der Waals surface area contributed by atoms with Gasteiger partial charge in [-0.15, -0.1) is 24.0 Å². The highest BCUT2D eigenvalue weighted by atomic mass is 127. The molecule has 0 spiro atoms. The lowest BCUT2D eigenvalue weighted by atomic mass is 10.1. The smallest absolute Gasteiger partial charge is 0.226 e. The first-order valence-corrected chi connectivity index (χ1v) is 8.14. The van der Waals surface area contributed by atoms with Crippen molar-refractivity contribution in [1.29, 1.82) is 0 Å². The van der Waals surface area contributed by atoms with Crippen LogP contribution in [0.15, 0.2) is 46.0 Å². The fourth-order valence-corrected chi connectivity index (χ4v) is 1.96. The van der Waals surface area contributed by atoms with Crippen molar-refractivity contribution in [2.45, 2.75) is 40.3 Å². The van der Waals surface area contributed by atoms with Crippen LogP contribution in [-0.4, -0.2) is 23.5 Å². The molecule has 1 heterocycles. The van der Waals surface area contributed by atoms with E-state index in [4.69, 9.17) is 4.42 Å². The van der Waals surface area contributed by atoms with E-state index in [1.54, 1.807) is 6.26 Å². The zero-order chi connectivity index (χ0) is 16.7. The SMILES string of the molecule is CCNC(=NCc1coc(-c2ccccc2)n1)NC(C)C(C)C.I. The molecule has 0 fully saturated rings. The van der Waals surface area contributed by atoms with E-state index in [1.165, 1.54) is 0 Å². The molecule has 0 saturated carbocycles. The normalized spacial score (nSPS) is 12.6. The lowest BCUT2D eigenvalue weighted by Gasteiger charge is -2.20. The Balaban J connectivity index is 0.00000288. The van der Waals surface area contributed by atoms with E-state index < -0.39 is 0 Å². The number of guanidine groups is 1. The third-order valence-electron chi connectivity index (χ3n) is 3.68. The van der Waals surface area contributed by atoms with E-state index >= 15 is 0 Å². The highest BCUT2D eigenvalue weighted by Crippen LogP contribution is 2.18. The topological polar surface area (TPSA) is 62.5 Å². The van der Waals surface area contributed by atoms with Gasteiger partial charge in [-0.1, -0.05) is 32.0 Å². The van der Waals surface area contributed by atoms with Crippen molar-refractivity contribution in [2.24, 2.45) is 10.9 Å². The molecule has 6 heteroatoms. The maximum atomic E-state index is 5.54. The van der Waals surface area contributed by atoms with E-state index in [-0.39, 0.29) is 24.0 Å². The van der Waals surface area contributed by atoms with Crippen LogP contribution in [0.5, 0.6) is 0 Å². The third-order valence-corrected chi connectivity index (χ3v) is 3.68. The molecule has 0 radical (unpaired) electrons. The second kappa shape index (κ2) is 10.3. The first kappa shape index (κ1) is 20.5. The molecular formula is C18H27IN4O.